The SMILES string of the molecule is CCNCCC(=O)NCC1(N(C)C)CCCCC1. The molecule has 2 N–H and O–H groups in total. The molecule has 1 amide bonds. The highest BCUT2D eigenvalue weighted by Crippen LogP contribution is 2.31. The minimum Gasteiger partial charge on any atom is -0.354 e. The molecule has 0 saturated heterocycles. The van der Waals surface area contributed by atoms with E-state index in [4.69, 9.17) is 0 Å². The first-order valence-corrected chi connectivity index (χ1v) is 7.25. The van der Waals surface area contributed by atoms with Gasteiger partial charge in [-0.1, -0.05) is 26.2 Å². The fourth-order valence-electron chi connectivity index (χ4n) is 2.72. The van der Waals surface area contributed by atoms with Crippen molar-refractivity contribution in [2.75, 3.05) is 33.7 Å². The quantitative estimate of drug-likeness (QED) is 0.675. The van der Waals surface area contributed by atoms with Crippen LogP contribution in [0.4, 0.5) is 0 Å². The van der Waals surface area contributed by atoms with Gasteiger partial charge in [0.15, 0.2) is 0 Å². The molecule has 0 bridgehead atoms. The van der Waals surface area contributed by atoms with Crippen molar-refractivity contribution in [3.63, 3.8) is 0 Å². The Kier molecular flexibility index (Phi) is 6.65. The summed E-state index contributed by atoms with van der Waals surface area (Å²) in [6.45, 7) is 4.55. The van der Waals surface area contributed by atoms with Gasteiger partial charge in [0.05, 0.1) is 0 Å². The number of hydrogen-bond donors (Lipinski definition) is 2. The maximum Gasteiger partial charge on any atom is 0.221 e. The summed E-state index contributed by atoms with van der Waals surface area (Å²) in [5, 5.41) is 6.29. The zero-order valence-corrected chi connectivity index (χ0v) is 12.2. The van der Waals surface area contributed by atoms with Gasteiger partial charge in [-0.25, -0.2) is 0 Å². The summed E-state index contributed by atoms with van der Waals surface area (Å²) in [6.07, 6.45) is 6.89. The van der Waals surface area contributed by atoms with Crippen LogP contribution in [0.25, 0.3) is 0 Å². The van der Waals surface area contributed by atoms with Crippen molar-refractivity contribution in [3.05, 3.63) is 0 Å². The van der Waals surface area contributed by atoms with Gasteiger partial charge in [0, 0.05) is 25.0 Å². The predicted molar refractivity (Wildman–Crippen MR) is 75.7 cm³/mol. The van der Waals surface area contributed by atoms with E-state index in [9.17, 15) is 4.79 Å². The summed E-state index contributed by atoms with van der Waals surface area (Å²) in [5.74, 6) is 0.169. The summed E-state index contributed by atoms with van der Waals surface area (Å²) in [4.78, 5) is 14.1. The molecule has 0 aromatic carbocycles. The number of amides is 1. The minimum atomic E-state index is 0.169. The van der Waals surface area contributed by atoms with Crippen molar-refractivity contribution in [2.45, 2.75) is 51.0 Å². The van der Waals surface area contributed by atoms with E-state index in [0.29, 0.717) is 6.42 Å². The van der Waals surface area contributed by atoms with Crippen molar-refractivity contribution in [1.82, 2.24) is 15.5 Å². The molecule has 0 aromatic rings. The van der Waals surface area contributed by atoms with E-state index in [1.165, 1.54) is 32.1 Å². The predicted octanol–water partition coefficient (Wildman–Crippen LogP) is 1.37. The first kappa shape index (κ1) is 15.4. The highest BCUT2D eigenvalue weighted by Gasteiger charge is 2.34. The maximum absolute atomic E-state index is 11.8. The van der Waals surface area contributed by atoms with Crippen LogP contribution >= 0.6 is 0 Å². The molecular formula is C14H29N3O. The molecule has 4 nitrogen and oxygen atoms in total. The topological polar surface area (TPSA) is 44.4 Å². The zero-order valence-electron chi connectivity index (χ0n) is 12.2. The normalized spacial score (nSPS) is 18.9. The molecule has 0 aliphatic heterocycles. The lowest BCUT2D eigenvalue weighted by molar-refractivity contribution is -0.121. The summed E-state index contributed by atoms with van der Waals surface area (Å²) in [7, 11) is 4.27. The largest absolute Gasteiger partial charge is 0.354 e. The number of rotatable bonds is 7. The van der Waals surface area contributed by atoms with Gasteiger partial charge in [0.1, 0.15) is 0 Å². The first-order valence-electron chi connectivity index (χ1n) is 7.25. The monoisotopic (exact) mass is 255 g/mol. The molecule has 0 heterocycles. The summed E-state index contributed by atoms with van der Waals surface area (Å²) in [6, 6.07) is 0. The van der Waals surface area contributed by atoms with Crippen molar-refractivity contribution in [1.29, 1.82) is 0 Å². The number of likely N-dealkylation sites (N-methyl/N-ethyl adjacent to an activating group) is 1. The van der Waals surface area contributed by atoms with E-state index in [1.807, 2.05) is 0 Å². The number of carbonyl (C=O) groups is 1. The molecule has 0 atom stereocenters. The lowest BCUT2D eigenvalue weighted by Crippen LogP contribution is -2.53. The molecule has 4 heteroatoms. The van der Waals surface area contributed by atoms with Crippen molar-refractivity contribution < 1.29 is 4.79 Å². The van der Waals surface area contributed by atoms with Gasteiger partial charge in [-0.05, 0) is 33.5 Å². The Labute approximate surface area is 111 Å². The van der Waals surface area contributed by atoms with E-state index in [1.54, 1.807) is 0 Å². The Hall–Kier alpha value is -0.610. The second kappa shape index (κ2) is 7.74. The second-order valence-electron chi connectivity index (χ2n) is 5.56. The average Bonchev–Trinajstić information content (AvgIpc) is 2.37. The maximum atomic E-state index is 11.8. The third-order valence-electron chi connectivity index (χ3n) is 4.13. The fourth-order valence-corrected chi connectivity index (χ4v) is 2.72. The fraction of sp³-hybridized carbons (Fsp3) is 0.929. The van der Waals surface area contributed by atoms with Crippen LogP contribution in [0.1, 0.15) is 45.4 Å². The van der Waals surface area contributed by atoms with Gasteiger partial charge < -0.3 is 15.5 Å². The molecule has 0 spiro atoms. The minimum absolute atomic E-state index is 0.169. The van der Waals surface area contributed by atoms with Gasteiger partial charge in [0.2, 0.25) is 5.91 Å². The Bertz CT molecular complexity index is 247. The smallest absolute Gasteiger partial charge is 0.221 e. The van der Waals surface area contributed by atoms with Crippen LogP contribution in [0.3, 0.4) is 0 Å². The molecule has 18 heavy (non-hydrogen) atoms. The standard InChI is InChI=1S/C14H29N3O/c1-4-15-11-8-13(18)16-12-14(17(2)3)9-6-5-7-10-14/h15H,4-12H2,1-3H3,(H,16,18). The number of nitrogens with zero attached hydrogens (tertiary/aromatic N) is 1. The van der Waals surface area contributed by atoms with Crippen LogP contribution in [0.2, 0.25) is 0 Å². The van der Waals surface area contributed by atoms with Crippen LogP contribution in [-0.4, -0.2) is 50.1 Å². The van der Waals surface area contributed by atoms with Crippen molar-refractivity contribution >= 4 is 5.91 Å². The molecule has 1 rings (SSSR count). The van der Waals surface area contributed by atoms with E-state index < -0.39 is 0 Å². The summed E-state index contributed by atoms with van der Waals surface area (Å²) < 4.78 is 0. The van der Waals surface area contributed by atoms with Gasteiger partial charge in [0.25, 0.3) is 0 Å². The van der Waals surface area contributed by atoms with Gasteiger partial charge >= 0.3 is 0 Å². The molecule has 0 radical (unpaired) electrons. The number of nitrogens with one attached hydrogen (secondary N) is 2. The molecule has 0 unspecified atom stereocenters. The molecule has 1 aliphatic rings. The molecule has 1 fully saturated rings. The lowest BCUT2D eigenvalue weighted by atomic mass is 9.80. The van der Waals surface area contributed by atoms with Crippen molar-refractivity contribution in [2.24, 2.45) is 0 Å². The van der Waals surface area contributed by atoms with Gasteiger partial charge in [-0.3, -0.25) is 4.79 Å². The molecule has 1 aliphatic carbocycles. The molecule has 106 valence electrons. The van der Waals surface area contributed by atoms with E-state index >= 15 is 0 Å². The summed E-state index contributed by atoms with van der Waals surface area (Å²) in [5.41, 5.74) is 0.187. The van der Waals surface area contributed by atoms with Crippen LogP contribution in [0.5, 0.6) is 0 Å². The molecule has 0 aromatic heterocycles. The number of hydrogen-bond acceptors (Lipinski definition) is 3. The van der Waals surface area contributed by atoms with E-state index in [2.05, 4.69) is 36.6 Å². The Morgan fingerprint density at radius 2 is 1.89 bits per heavy atom. The first-order chi connectivity index (χ1) is 8.60. The van der Waals surface area contributed by atoms with Crippen LogP contribution < -0.4 is 10.6 Å². The highest BCUT2D eigenvalue weighted by molar-refractivity contribution is 5.76. The molecular weight excluding hydrogens is 226 g/mol. The Balaban J connectivity index is 2.35. The lowest BCUT2D eigenvalue weighted by Gasteiger charge is -2.43. The second-order valence-corrected chi connectivity index (χ2v) is 5.56. The Morgan fingerprint density at radius 3 is 2.44 bits per heavy atom. The van der Waals surface area contributed by atoms with Crippen molar-refractivity contribution in [3.8, 4) is 0 Å². The van der Waals surface area contributed by atoms with Crippen LogP contribution in [0.15, 0.2) is 0 Å². The van der Waals surface area contributed by atoms with Gasteiger partial charge in [-0.2, -0.15) is 0 Å². The highest BCUT2D eigenvalue weighted by atomic mass is 16.1. The average molecular weight is 255 g/mol. The third kappa shape index (κ3) is 4.58. The van der Waals surface area contributed by atoms with Crippen LogP contribution in [0, 0.1) is 0 Å². The van der Waals surface area contributed by atoms with Crippen LogP contribution in [-0.2, 0) is 4.79 Å². The van der Waals surface area contributed by atoms with E-state index in [-0.39, 0.29) is 11.4 Å². The number of carbonyl (C=O) groups excluding carboxylic acids is 1. The van der Waals surface area contributed by atoms with Gasteiger partial charge in [-0.15, -0.1) is 0 Å². The van der Waals surface area contributed by atoms with E-state index in [0.717, 1.165) is 19.6 Å². The Morgan fingerprint density at radius 1 is 1.22 bits per heavy atom. The zero-order chi connectivity index (χ0) is 13.4. The summed E-state index contributed by atoms with van der Waals surface area (Å²) >= 11 is 0. The molecule has 1 saturated carbocycles. The third-order valence-corrected chi connectivity index (χ3v) is 4.13.